The Morgan fingerprint density at radius 3 is 2.65 bits per heavy atom. The maximum Gasteiger partial charge on any atom is 0.216 e. The summed E-state index contributed by atoms with van der Waals surface area (Å²) in [6, 6.07) is 14.4. The highest BCUT2D eigenvalue weighted by molar-refractivity contribution is 5.83. The van der Waals surface area contributed by atoms with E-state index in [-0.39, 0.29) is 5.91 Å². The zero-order chi connectivity index (χ0) is 14.2. The summed E-state index contributed by atoms with van der Waals surface area (Å²) in [4.78, 5) is 10.7. The van der Waals surface area contributed by atoms with Crippen molar-refractivity contribution in [3.8, 4) is 5.75 Å². The van der Waals surface area contributed by atoms with Crippen LogP contribution in [0.4, 0.5) is 0 Å². The molecule has 1 N–H and O–H groups in total. The van der Waals surface area contributed by atoms with E-state index >= 15 is 0 Å². The molecule has 0 aromatic heterocycles. The molecule has 2 rings (SSSR count). The van der Waals surface area contributed by atoms with Crippen LogP contribution in [0.25, 0.3) is 10.8 Å². The van der Waals surface area contributed by atoms with Crippen LogP contribution in [-0.2, 0) is 4.79 Å². The van der Waals surface area contributed by atoms with E-state index in [2.05, 4.69) is 29.6 Å². The number of benzene rings is 2. The maximum atomic E-state index is 10.7. The van der Waals surface area contributed by atoms with Crippen molar-refractivity contribution in [2.75, 3.05) is 13.2 Å². The molecule has 2 aromatic rings. The summed E-state index contributed by atoms with van der Waals surface area (Å²) in [6.45, 7) is 3.02. The highest BCUT2D eigenvalue weighted by atomic mass is 16.5. The summed E-state index contributed by atoms with van der Waals surface area (Å²) in [5.74, 6) is 0.961. The van der Waals surface area contributed by atoms with Crippen LogP contribution in [0.5, 0.6) is 5.75 Å². The van der Waals surface area contributed by atoms with Crippen LogP contribution < -0.4 is 10.1 Å². The van der Waals surface area contributed by atoms with E-state index in [4.69, 9.17) is 4.74 Å². The van der Waals surface area contributed by atoms with Gasteiger partial charge in [0.15, 0.2) is 0 Å². The molecule has 1 amide bonds. The Labute approximate surface area is 119 Å². The predicted molar refractivity (Wildman–Crippen MR) is 82.0 cm³/mol. The summed E-state index contributed by atoms with van der Waals surface area (Å²) in [5.41, 5.74) is 0. The molecule has 3 heteroatoms. The molecule has 0 aliphatic heterocycles. The lowest BCUT2D eigenvalue weighted by molar-refractivity contribution is -0.118. The number of nitrogens with one attached hydrogen (secondary N) is 1. The fourth-order valence-electron chi connectivity index (χ4n) is 2.12. The predicted octanol–water partition coefficient (Wildman–Crippen LogP) is 3.53. The number of rotatable bonds is 7. The summed E-state index contributed by atoms with van der Waals surface area (Å²) < 4.78 is 5.75. The number of fused-ring (bicyclic) bond motifs is 1. The highest BCUT2D eigenvalue weighted by Gasteiger charge is 1.97. The Hall–Kier alpha value is -2.03. The maximum absolute atomic E-state index is 10.7. The third kappa shape index (κ3) is 4.57. The largest absolute Gasteiger partial charge is 0.494 e. The molecule has 0 aliphatic carbocycles. The van der Waals surface area contributed by atoms with E-state index in [0.717, 1.165) is 38.2 Å². The van der Waals surface area contributed by atoms with Gasteiger partial charge >= 0.3 is 0 Å². The highest BCUT2D eigenvalue weighted by Crippen LogP contribution is 2.20. The molecule has 0 fully saturated rings. The average molecular weight is 271 g/mol. The van der Waals surface area contributed by atoms with E-state index in [1.165, 1.54) is 10.8 Å². The van der Waals surface area contributed by atoms with Crippen LogP contribution in [0.3, 0.4) is 0 Å². The molecule has 3 nitrogen and oxygen atoms in total. The number of carbonyl (C=O) groups is 1. The van der Waals surface area contributed by atoms with Crippen molar-refractivity contribution in [1.82, 2.24) is 5.32 Å². The molecule has 0 heterocycles. The van der Waals surface area contributed by atoms with Gasteiger partial charge in [0.25, 0.3) is 0 Å². The van der Waals surface area contributed by atoms with E-state index in [9.17, 15) is 4.79 Å². The quantitative estimate of drug-likeness (QED) is 0.782. The number of carbonyl (C=O) groups excluding carboxylic acids is 1. The fourth-order valence-corrected chi connectivity index (χ4v) is 2.12. The van der Waals surface area contributed by atoms with Crippen LogP contribution in [0, 0.1) is 0 Å². The first-order valence-electron chi connectivity index (χ1n) is 7.12. The fraction of sp³-hybridized carbons (Fsp3) is 0.353. The Kier molecular flexibility index (Phi) is 5.42. The first kappa shape index (κ1) is 14.4. The van der Waals surface area contributed by atoms with Crippen LogP contribution >= 0.6 is 0 Å². The number of amides is 1. The van der Waals surface area contributed by atoms with Gasteiger partial charge in [-0.05, 0) is 42.2 Å². The molecule has 0 radical (unpaired) electrons. The zero-order valence-corrected chi connectivity index (χ0v) is 11.9. The van der Waals surface area contributed by atoms with Gasteiger partial charge in [0, 0.05) is 13.5 Å². The SMILES string of the molecule is CC(=O)NCCCCCOc1ccc2ccccc2c1. The van der Waals surface area contributed by atoms with Crippen molar-refractivity contribution in [3.63, 3.8) is 0 Å². The van der Waals surface area contributed by atoms with E-state index in [0.29, 0.717) is 0 Å². The summed E-state index contributed by atoms with van der Waals surface area (Å²) >= 11 is 0. The molecule has 0 bridgehead atoms. The Balaban J connectivity index is 1.69. The van der Waals surface area contributed by atoms with Gasteiger partial charge in [-0.2, -0.15) is 0 Å². The van der Waals surface area contributed by atoms with E-state index in [1.807, 2.05) is 18.2 Å². The standard InChI is InChI=1S/C17H21NO2/c1-14(19)18-11-5-2-6-12-20-17-10-9-15-7-3-4-8-16(15)13-17/h3-4,7-10,13H,2,5-6,11-12H2,1H3,(H,18,19). The lowest BCUT2D eigenvalue weighted by Gasteiger charge is -2.07. The molecule has 0 saturated heterocycles. The second-order valence-electron chi connectivity index (χ2n) is 4.90. The molecule has 0 saturated carbocycles. The van der Waals surface area contributed by atoms with Gasteiger partial charge in [-0.25, -0.2) is 0 Å². The molecule has 106 valence electrons. The van der Waals surface area contributed by atoms with E-state index in [1.54, 1.807) is 6.92 Å². The average Bonchev–Trinajstić information content (AvgIpc) is 2.46. The third-order valence-electron chi connectivity index (χ3n) is 3.18. The van der Waals surface area contributed by atoms with Gasteiger partial charge in [-0.3, -0.25) is 4.79 Å². The van der Waals surface area contributed by atoms with Crippen molar-refractivity contribution in [2.45, 2.75) is 26.2 Å². The number of hydrogen-bond donors (Lipinski definition) is 1. The Bertz CT molecular complexity index is 566. The first-order chi connectivity index (χ1) is 9.75. The summed E-state index contributed by atoms with van der Waals surface area (Å²) in [5, 5.41) is 5.23. The van der Waals surface area contributed by atoms with Crippen LogP contribution in [-0.4, -0.2) is 19.1 Å². The van der Waals surface area contributed by atoms with Gasteiger partial charge in [0.1, 0.15) is 5.75 Å². The molecule has 0 atom stereocenters. The zero-order valence-electron chi connectivity index (χ0n) is 11.9. The monoisotopic (exact) mass is 271 g/mol. The van der Waals surface area contributed by atoms with Crippen molar-refractivity contribution in [2.24, 2.45) is 0 Å². The second-order valence-corrected chi connectivity index (χ2v) is 4.90. The molecular weight excluding hydrogens is 250 g/mol. The van der Waals surface area contributed by atoms with Crippen molar-refractivity contribution in [1.29, 1.82) is 0 Å². The lowest BCUT2D eigenvalue weighted by Crippen LogP contribution is -2.20. The molecule has 0 aliphatic rings. The second kappa shape index (κ2) is 7.53. The minimum atomic E-state index is 0.0393. The first-order valence-corrected chi connectivity index (χ1v) is 7.12. The Morgan fingerprint density at radius 1 is 1.05 bits per heavy atom. The Morgan fingerprint density at radius 2 is 1.85 bits per heavy atom. The molecule has 0 unspecified atom stereocenters. The van der Waals surface area contributed by atoms with Crippen LogP contribution in [0.15, 0.2) is 42.5 Å². The summed E-state index contributed by atoms with van der Waals surface area (Å²) in [6.07, 6.45) is 3.07. The van der Waals surface area contributed by atoms with E-state index < -0.39 is 0 Å². The topological polar surface area (TPSA) is 38.3 Å². The number of ether oxygens (including phenoxy) is 1. The minimum Gasteiger partial charge on any atom is -0.494 e. The lowest BCUT2D eigenvalue weighted by atomic mass is 10.1. The molecule has 2 aromatic carbocycles. The van der Waals surface area contributed by atoms with Crippen LogP contribution in [0.2, 0.25) is 0 Å². The van der Waals surface area contributed by atoms with Crippen molar-refractivity contribution >= 4 is 16.7 Å². The van der Waals surface area contributed by atoms with Gasteiger partial charge in [-0.1, -0.05) is 30.3 Å². The van der Waals surface area contributed by atoms with Gasteiger partial charge in [-0.15, -0.1) is 0 Å². The van der Waals surface area contributed by atoms with Crippen molar-refractivity contribution in [3.05, 3.63) is 42.5 Å². The van der Waals surface area contributed by atoms with Gasteiger partial charge < -0.3 is 10.1 Å². The minimum absolute atomic E-state index is 0.0393. The molecule has 0 spiro atoms. The van der Waals surface area contributed by atoms with Crippen LogP contribution in [0.1, 0.15) is 26.2 Å². The van der Waals surface area contributed by atoms with Gasteiger partial charge in [0.2, 0.25) is 5.91 Å². The number of hydrogen-bond acceptors (Lipinski definition) is 2. The molecule has 20 heavy (non-hydrogen) atoms. The molecular formula is C17H21NO2. The normalized spacial score (nSPS) is 10.4. The number of unbranched alkanes of at least 4 members (excludes halogenated alkanes) is 2. The third-order valence-corrected chi connectivity index (χ3v) is 3.18. The summed E-state index contributed by atoms with van der Waals surface area (Å²) in [7, 11) is 0. The van der Waals surface area contributed by atoms with Crippen molar-refractivity contribution < 1.29 is 9.53 Å². The smallest absolute Gasteiger partial charge is 0.216 e. The van der Waals surface area contributed by atoms with Gasteiger partial charge in [0.05, 0.1) is 6.61 Å².